The molecule has 4 heteroatoms. The summed E-state index contributed by atoms with van der Waals surface area (Å²) in [5.74, 6) is -0.432. The van der Waals surface area contributed by atoms with E-state index in [2.05, 4.69) is 19.2 Å². The van der Waals surface area contributed by atoms with Crippen LogP contribution in [-0.4, -0.2) is 6.04 Å². The van der Waals surface area contributed by atoms with Gasteiger partial charge in [0.2, 0.25) is 0 Å². The molecule has 0 amide bonds. The third-order valence-corrected chi connectivity index (χ3v) is 3.27. The molecule has 0 aromatic heterocycles. The van der Waals surface area contributed by atoms with Crippen molar-refractivity contribution in [2.24, 2.45) is 0 Å². The summed E-state index contributed by atoms with van der Waals surface area (Å²) in [4.78, 5) is 0. The van der Waals surface area contributed by atoms with Crippen LogP contribution >= 0.6 is 23.2 Å². The van der Waals surface area contributed by atoms with Crippen molar-refractivity contribution in [1.29, 1.82) is 0 Å². The lowest BCUT2D eigenvalue weighted by Gasteiger charge is -2.20. The van der Waals surface area contributed by atoms with Gasteiger partial charge in [-0.2, -0.15) is 0 Å². The molecule has 0 aliphatic heterocycles. The first-order valence-electron chi connectivity index (χ1n) is 5.36. The van der Waals surface area contributed by atoms with E-state index >= 15 is 0 Å². The van der Waals surface area contributed by atoms with E-state index in [9.17, 15) is 4.39 Å². The van der Waals surface area contributed by atoms with Crippen LogP contribution in [-0.2, 0) is 0 Å². The van der Waals surface area contributed by atoms with Crippen LogP contribution in [0.15, 0.2) is 12.1 Å². The Morgan fingerprint density at radius 3 is 2.44 bits per heavy atom. The number of hydrogen-bond acceptors (Lipinski definition) is 1. The fourth-order valence-corrected chi connectivity index (χ4v) is 2.05. The highest BCUT2D eigenvalue weighted by Gasteiger charge is 2.14. The number of benzene rings is 1. The van der Waals surface area contributed by atoms with Gasteiger partial charge >= 0.3 is 0 Å². The Bertz CT molecular complexity index is 368. The minimum Gasteiger partial charge on any atom is -0.308 e. The monoisotopic (exact) mass is 263 g/mol. The lowest BCUT2D eigenvalue weighted by Crippen LogP contribution is -2.28. The normalized spacial score (nSPS) is 14.9. The first-order chi connectivity index (χ1) is 7.45. The van der Waals surface area contributed by atoms with Crippen LogP contribution in [0.25, 0.3) is 0 Å². The molecule has 1 aromatic rings. The van der Waals surface area contributed by atoms with Gasteiger partial charge in [0.15, 0.2) is 0 Å². The molecule has 0 heterocycles. The maximum Gasteiger partial charge on any atom is 0.142 e. The Labute approximate surface area is 106 Å². The Morgan fingerprint density at radius 1 is 1.25 bits per heavy atom. The molecule has 0 fully saturated rings. The van der Waals surface area contributed by atoms with Crippen molar-refractivity contribution in [2.75, 3.05) is 0 Å². The van der Waals surface area contributed by atoms with E-state index in [1.165, 1.54) is 12.1 Å². The molecule has 0 bridgehead atoms. The van der Waals surface area contributed by atoms with Gasteiger partial charge in [0.05, 0.1) is 5.02 Å². The second kappa shape index (κ2) is 5.85. The summed E-state index contributed by atoms with van der Waals surface area (Å²) in [5.41, 5.74) is 0.740. The summed E-state index contributed by atoms with van der Waals surface area (Å²) >= 11 is 11.7. The molecule has 2 atom stereocenters. The zero-order chi connectivity index (χ0) is 12.3. The minimum absolute atomic E-state index is 0.00853. The Kier molecular flexibility index (Phi) is 5.03. The van der Waals surface area contributed by atoms with Gasteiger partial charge in [-0.1, -0.05) is 30.1 Å². The molecule has 0 saturated heterocycles. The van der Waals surface area contributed by atoms with Gasteiger partial charge in [-0.3, -0.25) is 0 Å². The van der Waals surface area contributed by atoms with Gasteiger partial charge in [0.25, 0.3) is 0 Å². The van der Waals surface area contributed by atoms with E-state index in [0.717, 1.165) is 12.0 Å². The van der Waals surface area contributed by atoms with E-state index < -0.39 is 5.82 Å². The van der Waals surface area contributed by atoms with E-state index in [4.69, 9.17) is 23.2 Å². The average Bonchev–Trinajstić information content (AvgIpc) is 2.23. The first-order valence-corrected chi connectivity index (χ1v) is 6.11. The van der Waals surface area contributed by atoms with Gasteiger partial charge in [-0.25, -0.2) is 4.39 Å². The minimum atomic E-state index is -0.432. The average molecular weight is 264 g/mol. The molecule has 0 spiro atoms. The molecular weight excluding hydrogens is 248 g/mol. The highest BCUT2D eigenvalue weighted by molar-refractivity contribution is 6.35. The van der Waals surface area contributed by atoms with Crippen LogP contribution in [0.2, 0.25) is 10.0 Å². The number of hydrogen-bond donors (Lipinski definition) is 1. The molecule has 1 nitrogen and oxygen atoms in total. The fourth-order valence-electron chi connectivity index (χ4n) is 1.50. The lowest BCUT2D eigenvalue weighted by molar-refractivity contribution is 0.467. The van der Waals surface area contributed by atoms with Crippen molar-refractivity contribution in [3.63, 3.8) is 0 Å². The Morgan fingerprint density at radius 2 is 1.88 bits per heavy atom. The van der Waals surface area contributed by atoms with E-state index in [-0.39, 0.29) is 11.1 Å². The van der Waals surface area contributed by atoms with Crippen LogP contribution in [0.3, 0.4) is 0 Å². The molecule has 0 aliphatic carbocycles. The molecule has 0 radical (unpaired) electrons. The molecule has 0 saturated carbocycles. The molecular formula is C12H16Cl2FN. The zero-order valence-electron chi connectivity index (χ0n) is 9.65. The second-order valence-electron chi connectivity index (χ2n) is 3.99. The Hall–Kier alpha value is -0.310. The van der Waals surface area contributed by atoms with Crippen LogP contribution in [0.1, 0.15) is 38.8 Å². The van der Waals surface area contributed by atoms with E-state index in [1.54, 1.807) is 0 Å². The van der Waals surface area contributed by atoms with Crippen LogP contribution in [0.5, 0.6) is 0 Å². The predicted octanol–water partition coefficient (Wildman–Crippen LogP) is 4.58. The summed E-state index contributed by atoms with van der Waals surface area (Å²) in [7, 11) is 0. The first kappa shape index (κ1) is 13.8. The highest BCUT2D eigenvalue weighted by atomic mass is 35.5. The van der Waals surface area contributed by atoms with Crippen molar-refractivity contribution in [2.45, 2.75) is 39.3 Å². The number of nitrogens with one attached hydrogen (secondary N) is 1. The van der Waals surface area contributed by atoms with Crippen LogP contribution < -0.4 is 5.32 Å². The van der Waals surface area contributed by atoms with Crippen LogP contribution in [0.4, 0.5) is 4.39 Å². The fraction of sp³-hybridized carbons (Fsp3) is 0.500. The second-order valence-corrected chi connectivity index (χ2v) is 4.80. The number of halogens is 3. The molecule has 1 aromatic carbocycles. The lowest BCUT2D eigenvalue weighted by atomic mass is 10.1. The molecule has 90 valence electrons. The predicted molar refractivity (Wildman–Crippen MR) is 67.7 cm³/mol. The molecule has 1 rings (SSSR count). The van der Waals surface area contributed by atoms with Gasteiger partial charge in [0.1, 0.15) is 5.82 Å². The van der Waals surface area contributed by atoms with E-state index in [0.29, 0.717) is 11.1 Å². The van der Waals surface area contributed by atoms with Gasteiger partial charge in [-0.05, 0) is 38.0 Å². The van der Waals surface area contributed by atoms with E-state index in [1.807, 2.05) is 6.92 Å². The maximum atomic E-state index is 13.3. The molecule has 1 N–H and O–H groups in total. The van der Waals surface area contributed by atoms with Gasteiger partial charge < -0.3 is 5.32 Å². The molecule has 16 heavy (non-hydrogen) atoms. The van der Waals surface area contributed by atoms with Crippen molar-refractivity contribution >= 4 is 23.2 Å². The van der Waals surface area contributed by atoms with Crippen molar-refractivity contribution < 1.29 is 4.39 Å². The standard InChI is InChI=1S/C12H16Cl2FN/c1-4-7(2)16-8(3)9-5-12(15)11(14)6-10(9)13/h5-8,16H,4H2,1-3H3. The SMILES string of the molecule is CCC(C)NC(C)c1cc(F)c(Cl)cc1Cl. The van der Waals surface area contributed by atoms with Crippen molar-refractivity contribution in [3.8, 4) is 0 Å². The van der Waals surface area contributed by atoms with Crippen LogP contribution in [0, 0.1) is 5.82 Å². The third-order valence-electron chi connectivity index (χ3n) is 2.65. The largest absolute Gasteiger partial charge is 0.308 e. The summed E-state index contributed by atoms with van der Waals surface area (Å²) in [5, 5.41) is 3.89. The van der Waals surface area contributed by atoms with Gasteiger partial charge in [0, 0.05) is 17.1 Å². The van der Waals surface area contributed by atoms with Crippen molar-refractivity contribution in [1.82, 2.24) is 5.32 Å². The topological polar surface area (TPSA) is 12.0 Å². The summed E-state index contributed by atoms with van der Waals surface area (Å²) in [6.45, 7) is 6.13. The summed E-state index contributed by atoms with van der Waals surface area (Å²) < 4.78 is 13.3. The quantitative estimate of drug-likeness (QED) is 0.785. The number of rotatable bonds is 4. The summed E-state index contributed by atoms with van der Waals surface area (Å²) in [6, 6.07) is 3.21. The zero-order valence-corrected chi connectivity index (χ0v) is 11.2. The molecule has 0 aliphatic rings. The van der Waals surface area contributed by atoms with Gasteiger partial charge in [-0.15, -0.1) is 0 Å². The molecule has 2 unspecified atom stereocenters. The highest BCUT2D eigenvalue weighted by Crippen LogP contribution is 2.28. The maximum absolute atomic E-state index is 13.3. The summed E-state index contributed by atoms with van der Waals surface area (Å²) in [6.07, 6.45) is 1.01. The third kappa shape index (κ3) is 3.34. The Balaban J connectivity index is 2.91. The smallest absolute Gasteiger partial charge is 0.142 e. The van der Waals surface area contributed by atoms with Crippen molar-refractivity contribution in [3.05, 3.63) is 33.6 Å².